The van der Waals surface area contributed by atoms with Crippen LogP contribution in [0.2, 0.25) is 0 Å². The number of hydrogen-bond donors (Lipinski definition) is 1. The number of aromatic nitrogens is 2. The summed E-state index contributed by atoms with van der Waals surface area (Å²) < 4.78 is 30.6. The molecule has 0 spiro atoms. The third-order valence-electron chi connectivity index (χ3n) is 4.07. The highest BCUT2D eigenvalue weighted by atomic mass is 32.2. The first-order valence-electron chi connectivity index (χ1n) is 7.78. The van der Waals surface area contributed by atoms with E-state index in [-0.39, 0.29) is 10.9 Å². The molecule has 0 fully saturated rings. The van der Waals surface area contributed by atoms with E-state index in [1.165, 1.54) is 11.3 Å². The van der Waals surface area contributed by atoms with Crippen molar-refractivity contribution < 1.29 is 8.42 Å². The highest BCUT2D eigenvalue weighted by Crippen LogP contribution is 2.30. The van der Waals surface area contributed by atoms with Crippen LogP contribution in [0.4, 0.5) is 5.69 Å². The number of sulfonamides is 1. The first-order valence-corrected chi connectivity index (χ1v) is 10.1. The highest BCUT2D eigenvalue weighted by Gasteiger charge is 2.28. The largest absolute Gasteiger partial charge is 0.279 e. The predicted molar refractivity (Wildman–Crippen MR) is 98.6 cm³/mol. The lowest BCUT2D eigenvalue weighted by molar-refractivity contribution is 0.593. The van der Waals surface area contributed by atoms with E-state index in [1.54, 1.807) is 10.5 Å². The van der Waals surface area contributed by atoms with E-state index in [9.17, 15) is 8.42 Å². The minimum atomic E-state index is -3.74. The van der Waals surface area contributed by atoms with E-state index < -0.39 is 10.0 Å². The Hall–Kier alpha value is -1.86. The van der Waals surface area contributed by atoms with Gasteiger partial charge in [0.25, 0.3) is 10.0 Å². The molecule has 0 saturated carbocycles. The van der Waals surface area contributed by atoms with Gasteiger partial charge in [0, 0.05) is 11.1 Å². The van der Waals surface area contributed by atoms with Crippen molar-refractivity contribution in [2.45, 2.75) is 45.6 Å². The molecule has 0 saturated heterocycles. The van der Waals surface area contributed by atoms with Crippen LogP contribution in [-0.2, 0) is 10.0 Å². The third-order valence-corrected chi connectivity index (χ3v) is 6.38. The van der Waals surface area contributed by atoms with Gasteiger partial charge < -0.3 is 0 Å². The second kappa shape index (κ2) is 5.89. The van der Waals surface area contributed by atoms with Crippen LogP contribution in [0, 0.1) is 20.8 Å². The fraction of sp³-hybridized carbons (Fsp3) is 0.353. The lowest BCUT2D eigenvalue weighted by Crippen LogP contribution is -2.18. The van der Waals surface area contributed by atoms with E-state index in [0.717, 1.165) is 16.0 Å². The van der Waals surface area contributed by atoms with Crippen LogP contribution in [0.3, 0.4) is 0 Å². The number of anilines is 1. The minimum Gasteiger partial charge on any atom is -0.279 e. The van der Waals surface area contributed by atoms with Gasteiger partial charge in [0.2, 0.25) is 0 Å². The van der Waals surface area contributed by atoms with Crippen molar-refractivity contribution in [1.82, 2.24) is 9.38 Å². The second-order valence-electron chi connectivity index (χ2n) is 6.30. The third kappa shape index (κ3) is 2.82. The SMILES string of the molecule is Cc1cn2c(S(=O)(=O)Nc3cccc(C)c3C)c(C(C)C)nc2s1. The Morgan fingerprint density at radius 2 is 1.92 bits per heavy atom. The Bertz CT molecular complexity index is 1010. The molecule has 1 aromatic carbocycles. The molecule has 0 amide bonds. The number of benzene rings is 1. The van der Waals surface area contributed by atoms with Crippen LogP contribution in [-0.4, -0.2) is 17.8 Å². The quantitative estimate of drug-likeness (QED) is 0.754. The Balaban J connectivity index is 2.17. The lowest BCUT2D eigenvalue weighted by Gasteiger charge is -2.13. The van der Waals surface area contributed by atoms with Crippen LogP contribution < -0.4 is 4.72 Å². The molecular weight excluding hydrogens is 342 g/mol. The van der Waals surface area contributed by atoms with Crippen LogP contribution in [0.1, 0.15) is 41.5 Å². The van der Waals surface area contributed by atoms with Gasteiger partial charge in [-0.3, -0.25) is 9.12 Å². The van der Waals surface area contributed by atoms with Gasteiger partial charge in [0.1, 0.15) is 0 Å². The molecule has 24 heavy (non-hydrogen) atoms. The molecule has 2 aromatic heterocycles. The molecular formula is C17H21N3O2S2. The van der Waals surface area contributed by atoms with Crippen LogP contribution >= 0.6 is 11.3 Å². The second-order valence-corrected chi connectivity index (χ2v) is 9.12. The number of fused-ring (bicyclic) bond motifs is 1. The molecule has 0 bridgehead atoms. The zero-order valence-corrected chi connectivity index (χ0v) is 16.0. The molecule has 0 aliphatic carbocycles. The number of nitrogens with zero attached hydrogens (tertiary/aromatic N) is 2. The van der Waals surface area contributed by atoms with Crippen molar-refractivity contribution >= 4 is 32.0 Å². The Morgan fingerprint density at radius 3 is 2.58 bits per heavy atom. The topological polar surface area (TPSA) is 63.5 Å². The van der Waals surface area contributed by atoms with E-state index >= 15 is 0 Å². The summed E-state index contributed by atoms with van der Waals surface area (Å²) in [4.78, 5) is 6.27. The van der Waals surface area contributed by atoms with Gasteiger partial charge in [0.05, 0.1) is 11.4 Å². The Kier molecular flexibility index (Phi) is 4.17. The van der Waals surface area contributed by atoms with Crippen molar-refractivity contribution in [3.63, 3.8) is 0 Å². The standard InChI is InChI=1S/C17H21N3O2S2/c1-10(2)15-16(20-9-12(4)23-17(20)18-15)24(21,22)19-14-8-6-7-11(3)13(14)5/h6-10,19H,1-5H3. The van der Waals surface area contributed by atoms with Gasteiger partial charge in [0.15, 0.2) is 9.99 Å². The summed E-state index contributed by atoms with van der Waals surface area (Å²) >= 11 is 1.49. The summed E-state index contributed by atoms with van der Waals surface area (Å²) in [6.45, 7) is 9.73. The van der Waals surface area contributed by atoms with E-state index in [4.69, 9.17) is 0 Å². The fourth-order valence-electron chi connectivity index (χ4n) is 2.65. The maximum absolute atomic E-state index is 13.1. The number of aryl methyl sites for hydroxylation is 2. The van der Waals surface area contributed by atoms with Crippen LogP contribution in [0.15, 0.2) is 29.4 Å². The van der Waals surface area contributed by atoms with Crippen molar-refractivity contribution in [2.24, 2.45) is 0 Å². The number of nitrogens with one attached hydrogen (secondary N) is 1. The summed E-state index contributed by atoms with van der Waals surface area (Å²) in [5.41, 5.74) is 3.17. The van der Waals surface area contributed by atoms with Gasteiger partial charge in [-0.2, -0.15) is 8.42 Å². The normalized spacial score (nSPS) is 12.2. The Morgan fingerprint density at radius 1 is 1.21 bits per heavy atom. The maximum Gasteiger partial charge on any atom is 0.279 e. The number of rotatable bonds is 4. The fourth-order valence-corrected chi connectivity index (χ4v) is 5.10. The zero-order valence-electron chi connectivity index (χ0n) is 14.4. The monoisotopic (exact) mass is 363 g/mol. The summed E-state index contributed by atoms with van der Waals surface area (Å²) in [6.07, 6.45) is 1.83. The molecule has 0 aliphatic rings. The van der Waals surface area contributed by atoms with E-state index in [2.05, 4.69) is 9.71 Å². The van der Waals surface area contributed by atoms with E-state index in [0.29, 0.717) is 16.3 Å². The van der Waals surface area contributed by atoms with Crippen molar-refractivity contribution in [3.05, 3.63) is 46.1 Å². The average molecular weight is 364 g/mol. The molecule has 0 unspecified atom stereocenters. The lowest BCUT2D eigenvalue weighted by atomic mass is 10.1. The molecule has 3 rings (SSSR count). The Labute approximate surface area is 146 Å². The molecule has 128 valence electrons. The first kappa shape index (κ1) is 17.0. The molecule has 2 heterocycles. The molecule has 0 radical (unpaired) electrons. The van der Waals surface area contributed by atoms with Gasteiger partial charge in [-0.1, -0.05) is 26.0 Å². The van der Waals surface area contributed by atoms with Gasteiger partial charge >= 0.3 is 0 Å². The first-order chi connectivity index (χ1) is 11.2. The van der Waals surface area contributed by atoms with Crippen LogP contribution in [0.25, 0.3) is 4.96 Å². The number of hydrogen-bond acceptors (Lipinski definition) is 4. The van der Waals surface area contributed by atoms with Crippen LogP contribution in [0.5, 0.6) is 0 Å². The number of thiazole rings is 1. The summed E-state index contributed by atoms with van der Waals surface area (Å²) in [6, 6.07) is 5.60. The van der Waals surface area contributed by atoms with Crippen molar-refractivity contribution in [3.8, 4) is 0 Å². The molecule has 0 aliphatic heterocycles. The predicted octanol–water partition coefficient (Wildman–Crippen LogP) is 4.25. The van der Waals surface area contributed by atoms with Gasteiger partial charge in [-0.15, -0.1) is 11.3 Å². The smallest absolute Gasteiger partial charge is 0.279 e. The molecule has 7 heteroatoms. The molecule has 5 nitrogen and oxygen atoms in total. The summed E-state index contributed by atoms with van der Waals surface area (Å²) in [5.74, 6) is 0.0163. The molecule has 0 atom stereocenters. The van der Waals surface area contributed by atoms with Crippen molar-refractivity contribution in [1.29, 1.82) is 0 Å². The number of imidazole rings is 1. The summed E-state index contributed by atoms with van der Waals surface area (Å²) in [5, 5.41) is 0.234. The van der Waals surface area contributed by atoms with Gasteiger partial charge in [-0.05, 0) is 43.9 Å². The van der Waals surface area contributed by atoms with Gasteiger partial charge in [-0.25, -0.2) is 4.98 Å². The maximum atomic E-state index is 13.1. The molecule has 1 N–H and O–H groups in total. The van der Waals surface area contributed by atoms with Crippen molar-refractivity contribution in [2.75, 3.05) is 4.72 Å². The molecule has 3 aromatic rings. The highest BCUT2D eigenvalue weighted by molar-refractivity contribution is 7.92. The van der Waals surface area contributed by atoms with E-state index in [1.807, 2.05) is 52.9 Å². The summed E-state index contributed by atoms with van der Waals surface area (Å²) in [7, 11) is -3.74. The minimum absolute atomic E-state index is 0.0163. The average Bonchev–Trinajstić information content (AvgIpc) is 2.99. The zero-order chi connectivity index (χ0) is 17.6.